The molecule has 0 saturated carbocycles. The van der Waals surface area contributed by atoms with Crippen molar-refractivity contribution >= 4 is 12.3 Å². The quantitative estimate of drug-likeness (QED) is 0.0549. The second-order valence-corrected chi connectivity index (χ2v) is 11.9. The predicted molar refractivity (Wildman–Crippen MR) is 210 cm³/mol. The minimum Gasteiger partial charge on any atom is -0.497 e. The van der Waals surface area contributed by atoms with Gasteiger partial charge in [0, 0.05) is 31.5 Å². The number of hydrogen-bond donors (Lipinski definition) is 2. The van der Waals surface area contributed by atoms with Gasteiger partial charge in [-0.05, 0) is 93.3 Å². The van der Waals surface area contributed by atoms with Gasteiger partial charge >= 0.3 is 0 Å². The molecule has 0 aliphatic carbocycles. The molecule has 0 bridgehead atoms. The van der Waals surface area contributed by atoms with E-state index >= 15 is 0 Å². The lowest BCUT2D eigenvalue weighted by Gasteiger charge is -2.06. The van der Waals surface area contributed by atoms with E-state index in [-0.39, 0.29) is 5.91 Å². The summed E-state index contributed by atoms with van der Waals surface area (Å²) < 4.78 is 16.0. The Morgan fingerprint density at radius 1 is 0.706 bits per heavy atom. The maximum atomic E-state index is 11.7. The molecular formula is C43H59N3O5. The molecule has 2 N–H and O–H groups in total. The standard InChI is InChI=1S/C24H40N2O2.C19H19NO3/c1-2-3-4-5-6-7-8-9-10-11-12-13-14-15-16-17-20-24(28)26-22-19-18-21-25-23-27;1-4-17-18(13-5-9-15(21-2)10-6-13)19(20-23-17)14-7-11-16(22-3)12-8-14/h5-6,8-9,11-12,14-15,23H,2-4,7,10,13,16-22H2,1H3,(H,25,27)(H,26,28);5-12H,4H2,1-3H3/b6-5+,9-8-,12-11-,15-14-;. The number of aryl methyl sites for hydroxylation is 1. The van der Waals surface area contributed by atoms with Crippen molar-refractivity contribution in [3.8, 4) is 33.9 Å². The summed E-state index contributed by atoms with van der Waals surface area (Å²) in [4.78, 5) is 21.7. The molecule has 3 aromatic rings. The van der Waals surface area contributed by atoms with Crippen LogP contribution < -0.4 is 20.1 Å². The molecular weight excluding hydrogens is 638 g/mol. The average molecular weight is 698 g/mol. The van der Waals surface area contributed by atoms with Crippen molar-refractivity contribution < 1.29 is 23.6 Å². The van der Waals surface area contributed by atoms with E-state index in [1.54, 1.807) is 14.2 Å². The van der Waals surface area contributed by atoms with Crippen LogP contribution in [0.2, 0.25) is 0 Å². The van der Waals surface area contributed by atoms with Crippen molar-refractivity contribution in [2.24, 2.45) is 0 Å². The molecule has 51 heavy (non-hydrogen) atoms. The van der Waals surface area contributed by atoms with Gasteiger partial charge in [0.15, 0.2) is 0 Å². The Morgan fingerprint density at radius 2 is 1.24 bits per heavy atom. The van der Waals surface area contributed by atoms with Gasteiger partial charge in [0.05, 0.1) is 19.8 Å². The zero-order valence-corrected chi connectivity index (χ0v) is 31.2. The number of amides is 2. The first-order valence-corrected chi connectivity index (χ1v) is 18.4. The van der Waals surface area contributed by atoms with Crippen LogP contribution in [0.3, 0.4) is 0 Å². The minimum atomic E-state index is 0.114. The van der Waals surface area contributed by atoms with E-state index in [0.29, 0.717) is 25.9 Å². The first kappa shape index (κ1) is 42.3. The zero-order valence-electron chi connectivity index (χ0n) is 31.2. The summed E-state index contributed by atoms with van der Waals surface area (Å²) in [6.45, 7) is 5.64. The van der Waals surface area contributed by atoms with E-state index in [1.165, 1.54) is 19.3 Å². The Kier molecular flexibility index (Phi) is 23.2. The van der Waals surface area contributed by atoms with Gasteiger partial charge in [-0.3, -0.25) is 9.59 Å². The Labute approximate surface area is 306 Å². The molecule has 3 rings (SSSR count). The lowest BCUT2D eigenvalue weighted by atomic mass is 9.98. The summed E-state index contributed by atoms with van der Waals surface area (Å²) in [6, 6.07) is 15.8. The summed E-state index contributed by atoms with van der Waals surface area (Å²) in [5.74, 6) is 2.64. The van der Waals surface area contributed by atoms with Crippen LogP contribution >= 0.6 is 0 Å². The number of ether oxygens (including phenoxy) is 2. The summed E-state index contributed by atoms with van der Waals surface area (Å²) >= 11 is 0. The van der Waals surface area contributed by atoms with E-state index in [1.807, 2.05) is 48.5 Å². The van der Waals surface area contributed by atoms with Crippen LogP contribution in [0.15, 0.2) is 102 Å². The highest BCUT2D eigenvalue weighted by molar-refractivity contribution is 5.82. The molecule has 2 aromatic carbocycles. The van der Waals surface area contributed by atoms with Crippen LogP contribution in [-0.2, 0) is 16.0 Å². The van der Waals surface area contributed by atoms with Crippen LogP contribution in [-0.4, -0.2) is 44.8 Å². The highest BCUT2D eigenvalue weighted by atomic mass is 16.5. The van der Waals surface area contributed by atoms with E-state index in [0.717, 1.165) is 91.0 Å². The molecule has 0 radical (unpaired) electrons. The molecule has 0 atom stereocenters. The number of unbranched alkanes of at least 4 members (excludes halogenated alkanes) is 4. The zero-order chi connectivity index (χ0) is 36.8. The lowest BCUT2D eigenvalue weighted by molar-refractivity contribution is -0.121. The molecule has 2 amide bonds. The maximum absolute atomic E-state index is 11.7. The largest absolute Gasteiger partial charge is 0.497 e. The minimum absolute atomic E-state index is 0.114. The van der Waals surface area contributed by atoms with Gasteiger partial charge in [-0.25, -0.2) is 0 Å². The van der Waals surface area contributed by atoms with Crippen molar-refractivity contribution in [3.05, 3.63) is 103 Å². The van der Waals surface area contributed by atoms with Gasteiger partial charge < -0.3 is 24.6 Å². The summed E-state index contributed by atoms with van der Waals surface area (Å²) in [6.07, 6.45) is 30.0. The Hall–Kier alpha value is -4.85. The Balaban J connectivity index is 0.000000358. The molecule has 0 saturated heterocycles. The van der Waals surface area contributed by atoms with Crippen molar-refractivity contribution in [2.45, 2.75) is 90.9 Å². The van der Waals surface area contributed by atoms with E-state index in [4.69, 9.17) is 14.0 Å². The van der Waals surface area contributed by atoms with Gasteiger partial charge in [0.2, 0.25) is 12.3 Å². The number of carbonyl (C=O) groups excluding carboxylic acids is 2. The van der Waals surface area contributed by atoms with Crippen LogP contribution in [0.25, 0.3) is 22.4 Å². The first-order valence-electron chi connectivity index (χ1n) is 18.4. The van der Waals surface area contributed by atoms with E-state index in [9.17, 15) is 9.59 Å². The molecule has 1 aromatic heterocycles. The fraction of sp³-hybridized carbons (Fsp3) is 0.419. The highest BCUT2D eigenvalue weighted by Crippen LogP contribution is 2.36. The average Bonchev–Trinajstić information content (AvgIpc) is 3.60. The van der Waals surface area contributed by atoms with Crippen molar-refractivity contribution in [3.63, 3.8) is 0 Å². The molecule has 0 aliphatic rings. The number of nitrogens with one attached hydrogen (secondary N) is 2. The maximum Gasteiger partial charge on any atom is 0.220 e. The number of hydrogen-bond acceptors (Lipinski definition) is 6. The molecule has 276 valence electrons. The monoisotopic (exact) mass is 697 g/mol. The van der Waals surface area contributed by atoms with Crippen LogP contribution in [0.5, 0.6) is 11.5 Å². The van der Waals surface area contributed by atoms with Crippen LogP contribution in [0, 0.1) is 0 Å². The Bertz CT molecular complexity index is 1470. The molecule has 0 fully saturated rings. The topological polar surface area (TPSA) is 103 Å². The third kappa shape index (κ3) is 18.1. The predicted octanol–water partition coefficient (Wildman–Crippen LogP) is 9.97. The summed E-state index contributed by atoms with van der Waals surface area (Å²) in [5.41, 5.74) is 3.93. The van der Waals surface area contributed by atoms with Gasteiger partial charge in [-0.15, -0.1) is 0 Å². The van der Waals surface area contributed by atoms with E-state index < -0.39 is 0 Å². The van der Waals surface area contributed by atoms with Crippen molar-refractivity contribution in [1.82, 2.24) is 15.8 Å². The fourth-order valence-corrected chi connectivity index (χ4v) is 5.05. The van der Waals surface area contributed by atoms with Crippen LogP contribution in [0.4, 0.5) is 0 Å². The number of nitrogens with zero attached hydrogens (tertiary/aromatic N) is 1. The number of benzene rings is 2. The lowest BCUT2D eigenvalue weighted by Crippen LogP contribution is -2.24. The number of aromatic nitrogens is 1. The molecule has 8 nitrogen and oxygen atoms in total. The second kappa shape index (κ2) is 27.9. The number of allylic oxidation sites excluding steroid dienone is 8. The van der Waals surface area contributed by atoms with Gasteiger partial charge in [-0.2, -0.15) is 0 Å². The third-order valence-electron chi connectivity index (χ3n) is 7.96. The SMILES string of the molecule is CCCC/C=C/C/C=C\C/C=C\C/C=C\CCCC(=O)NCCCCNC=O.CCc1onc(-c2ccc(OC)cc2)c1-c1ccc(OC)cc1. The number of methoxy groups -OCH3 is 2. The molecule has 0 unspecified atom stereocenters. The van der Waals surface area contributed by atoms with Gasteiger partial charge in [-0.1, -0.05) is 92.6 Å². The van der Waals surface area contributed by atoms with Gasteiger partial charge in [0.1, 0.15) is 23.0 Å². The molecule has 0 spiro atoms. The second-order valence-electron chi connectivity index (χ2n) is 11.9. The smallest absolute Gasteiger partial charge is 0.220 e. The molecule has 0 aliphatic heterocycles. The number of carbonyl (C=O) groups is 2. The number of rotatable bonds is 24. The van der Waals surface area contributed by atoms with Gasteiger partial charge in [0.25, 0.3) is 0 Å². The van der Waals surface area contributed by atoms with E-state index in [2.05, 4.69) is 78.2 Å². The first-order chi connectivity index (χ1) is 25.1. The summed E-state index contributed by atoms with van der Waals surface area (Å²) in [7, 11) is 3.32. The van der Waals surface area contributed by atoms with Crippen molar-refractivity contribution in [1.29, 1.82) is 0 Å². The normalized spacial score (nSPS) is 11.3. The molecule has 8 heteroatoms. The fourth-order valence-electron chi connectivity index (χ4n) is 5.05. The van der Waals surface area contributed by atoms with Crippen LogP contribution in [0.1, 0.15) is 90.2 Å². The third-order valence-corrected chi connectivity index (χ3v) is 7.96. The molecule has 1 heterocycles. The summed E-state index contributed by atoms with van der Waals surface area (Å²) in [5, 5.41) is 9.81. The Morgan fingerprint density at radius 3 is 1.76 bits per heavy atom. The van der Waals surface area contributed by atoms with Crippen molar-refractivity contribution in [2.75, 3.05) is 27.3 Å². The highest BCUT2D eigenvalue weighted by Gasteiger charge is 2.18.